The quantitative estimate of drug-likeness (QED) is 0.0226. The van der Waals surface area contributed by atoms with Crippen LogP contribution in [0.5, 0.6) is 5.75 Å². The van der Waals surface area contributed by atoms with Gasteiger partial charge in [-0.2, -0.15) is 5.26 Å². The van der Waals surface area contributed by atoms with E-state index in [-0.39, 0.29) is 29.5 Å². The van der Waals surface area contributed by atoms with Crippen molar-refractivity contribution < 1.29 is 47.5 Å². The topological polar surface area (TPSA) is 180 Å². The van der Waals surface area contributed by atoms with Crippen molar-refractivity contribution >= 4 is 45.4 Å². The lowest BCUT2D eigenvalue weighted by Crippen LogP contribution is -2.40. The number of ether oxygens (including phenoxy) is 7. The highest BCUT2D eigenvalue weighted by Crippen LogP contribution is 2.34. The van der Waals surface area contributed by atoms with Crippen LogP contribution < -0.4 is 20.3 Å². The molecular weight excluding hydrogens is 935 g/mol. The molecule has 0 saturated carbocycles. The Kier molecular flexibility index (Phi) is 23.6. The normalized spacial score (nSPS) is 13.9. The smallest absolute Gasteiger partial charge is 0.262 e. The predicted octanol–water partition coefficient (Wildman–Crippen LogP) is 7.67. The van der Waals surface area contributed by atoms with E-state index in [1.54, 1.807) is 25.1 Å². The van der Waals surface area contributed by atoms with Gasteiger partial charge in [0.05, 0.1) is 91.0 Å². The van der Waals surface area contributed by atoms with Crippen molar-refractivity contribution in [2.45, 2.75) is 58.5 Å². The molecule has 1 aliphatic heterocycles. The molecule has 1 unspecified atom stereocenters. The van der Waals surface area contributed by atoms with E-state index in [9.17, 15) is 19.6 Å². The first kappa shape index (κ1) is 53.4. The van der Waals surface area contributed by atoms with Gasteiger partial charge in [0.1, 0.15) is 28.6 Å². The number of aryl methyl sites for hydroxylation is 1. The van der Waals surface area contributed by atoms with Gasteiger partial charge in [-0.3, -0.25) is 14.4 Å². The van der Waals surface area contributed by atoms with Crippen LogP contribution in [-0.2, 0) is 44.4 Å². The second-order valence-corrected chi connectivity index (χ2v) is 16.7. The van der Waals surface area contributed by atoms with Crippen LogP contribution in [0.2, 0.25) is 0 Å². The van der Waals surface area contributed by atoms with Crippen molar-refractivity contribution in [3.63, 3.8) is 0 Å². The first-order valence-electron chi connectivity index (χ1n) is 23.2. The minimum absolute atomic E-state index is 0.0170. The number of benzene rings is 3. The molecule has 3 aromatic carbocycles. The molecule has 15 nitrogen and oxygen atoms in total. The van der Waals surface area contributed by atoms with Crippen molar-refractivity contribution in [1.82, 2.24) is 15.6 Å². The van der Waals surface area contributed by atoms with Gasteiger partial charge in [-0.05, 0) is 119 Å². The van der Waals surface area contributed by atoms with Crippen molar-refractivity contribution in [2.75, 3.05) is 97.3 Å². The van der Waals surface area contributed by atoms with Gasteiger partial charge in [-0.25, -0.2) is 4.98 Å². The molecule has 3 amide bonds. The number of pyridine rings is 1. The average molecular weight is 999 g/mol. The maximum atomic E-state index is 13.0. The molecule has 68 heavy (non-hydrogen) atoms. The summed E-state index contributed by atoms with van der Waals surface area (Å²) in [7, 11) is 0. The van der Waals surface area contributed by atoms with Gasteiger partial charge in [-0.15, -0.1) is 0 Å². The summed E-state index contributed by atoms with van der Waals surface area (Å²) in [6.45, 7) is 11.7. The van der Waals surface area contributed by atoms with E-state index in [1.807, 2.05) is 78.6 Å². The Morgan fingerprint density at radius 1 is 0.794 bits per heavy atom. The fourth-order valence-corrected chi connectivity index (χ4v) is 7.79. The maximum absolute atomic E-state index is 13.0. The summed E-state index contributed by atoms with van der Waals surface area (Å²) in [4.78, 5) is 44.0. The summed E-state index contributed by atoms with van der Waals surface area (Å²) in [5.41, 5.74) is 6.22. The van der Waals surface area contributed by atoms with Crippen LogP contribution >= 0.6 is 15.9 Å². The average Bonchev–Trinajstić information content (AvgIpc) is 3.34. The van der Waals surface area contributed by atoms with E-state index < -0.39 is 5.91 Å². The molecule has 364 valence electrons. The zero-order valence-corrected chi connectivity index (χ0v) is 40.9. The third-order valence-electron chi connectivity index (χ3n) is 10.9. The number of nitrogens with zero attached hydrogens (tertiary/aromatic N) is 3. The minimum Gasteiger partial charge on any atom is -0.491 e. The highest BCUT2D eigenvalue weighted by Gasteiger charge is 2.26. The van der Waals surface area contributed by atoms with Crippen LogP contribution in [0.3, 0.4) is 0 Å². The Labute approximate surface area is 408 Å². The van der Waals surface area contributed by atoms with Gasteiger partial charge in [0.15, 0.2) is 0 Å². The second-order valence-electron chi connectivity index (χ2n) is 15.9. The fraction of sp³-hybridized carbons (Fsp3) is 0.442. The molecule has 0 bridgehead atoms. The van der Waals surface area contributed by atoms with Crippen LogP contribution in [0.25, 0.3) is 17.2 Å². The molecule has 0 aliphatic carbocycles. The van der Waals surface area contributed by atoms with E-state index in [4.69, 9.17) is 33.2 Å². The highest BCUT2D eigenvalue weighted by atomic mass is 79.9. The number of halogens is 1. The lowest BCUT2D eigenvalue weighted by atomic mass is 9.93. The third-order valence-corrected chi connectivity index (χ3v) is 11.3. The van der Waals surface area contributed by atoms with E-state index in [2.05, 4.69) is 44.5 Å². The number of amides is 3. The number of fused-ring (bicyclic) bond motifs is 1. The Morgan fingerprint density at radius 2 is 1.38 bits per heavy atom. The maximum Gasteiger partial charge on any atom is 0.262 e. The van der Waals surface area contributed by atoms with Gasteiger partial charge in [-0.1, -0.05) is 49.7 Å². The summed E-state index contributed by atoms with van der Waals surface area (Å²) in [5, 5.41) is 15.5. The van der Waals surface area contributed by atoms with Gasteiger partial charge >= 0.3 is 0 Å². The Morgan fingerprint density at radius 3 is 1.96 bits per heavy atom. The van der Waals surface area contributed by atoms with E-state index >= 15 is 0 Å². The summed E-state index contributed by atoms with van der Waals surface area (Å²) < 4.78 is 39.9. The van der Waals surface area contributed by atoms with Crippen LogP contribution in [-0.4, -0.2) is 121 Å². The number of hydrogen-bond donors (Lipinski definition) is 2. The number of nitriles is 1. The zero-order chi connectivity index (χ0) is 48.4. The van der Waals surface area contributed by atoms with Crippen molar-refractivity contribution in [2.24, 2.45) is 0 Å². The number of aromatic nitrogens is 1. The Balaban J connectivity index is 0.792. The van der Waals surface area contributed by atoms with Crippen LogP contribution in [0.1, 0.15) is 73.3 Å². The standard InChI is InChI=1S/C52H64BrN5O10/c1-4-6-48(57-52(61)45(37-54)36-46-7-5-8-50(53)56-46)41-15-18-47(19-16-41)68-34-33-67-32-31-66-30-29-65-28-27-64-26-25-63-24-23-62-22-21-55-51(60)42-13-11-40(12-14-42)43-17-20-49-44(35-43)10-9-38(2)58(49)39(3)59/h5,7-8,11-20,35-36,38,48H,4,6,9-10,21-34H2,1-3H3,(H,55,60)(H,57,61)/b45-36+/t38-,48?/m0/s1. The summed E-state index contributed by atoms with van der Waals surface area (Å²) in [5.74, 6) is 0.134. The molecule has 16 heteroatoms. The molecule has 0 spiro atoms. The van der Waals surface area contributed by atoms with Gasteiger partial charge < -0.3 is 48.7 Å². The van der Waals surface area contributed by atoms with Gasteiger partial charge in [0, 0.05) is 30.8 Å². The summed E-state index contributed by atoms with van der Waals surface area (Å²) >= 11 is 3.31. The van der Waals surface area contributed by atoms with Crippen LogP contribution in [0.4, 0.5) is 5.69 Å². The zero-order valence-electron chi connectivity index (χ0n) is 39.3. The first-order valence-corrected chi connectivity index (χ1v) is 24.0. The highest BCUT2D eigenvalue weighted by molar-refractivity contribution is 9.10. The molecule has 5 rings (SSSR count). The largest absolute Gasteiger partial charge is 0.491 e. The van der Waals surface area contributed by atoms with Crippen molar-refractivity contribution in [3.05, 3.63) is 117 Å². The molecule has 2 atom stereocenters. The predicted molar refractivity (Wildman–Crippen MR) is 263 cm³/mol. The molecule has 0 radical (unpaired) electrons. The molecular formula is C52H64BrN5O10. The lowest BCUT2D eigenvalue weighted by molar-refractivity contribution is -0.118. The molecule has 4 aromatic rings. The number of nitrogens with one attached hydrogen (secondary N) is 2. The lowest BCUT2D eigenvalue weighted by Gasteiger charge is -2.34. The van der Waals surface area contributed by atoms with Gasteiger partial charge in [0.25, 0.3) is 11.8 Å². The summed E-state index contributed by atoms with van der Waals surface area (Å²) in [6, 6.07) is 28.5. The van der Waals surface area contributed by atoms with Crippen molar-refractivity contribution in [1.29, 1.82) is 5.26 Å². The first-order chi connectivity index (χ1) is 33.2. The van der Waals surface area contributed by atoms with Crippen molar-refractivity contribution in [3.8, 4) is 22.9 Å². The van der Waals surface area contributed by atoms with Crippen LogP contribution in [0.15, 0.2) is 95.1 Å². The summed E-state index contributed by atoms with van der Waals surface area (Å²) in [6.07, 6.45) is 4.89. The fourth-order valence-electron chi connectivity index (χ4n) is 7.43. The van der Waals surface area contributed by atoms with Gasteiger partial charge in [0.2, 0.25) is 5.91 Å². The minimum atomic E-state index is -0.453. The molecule has 0 fully saturated rings. The molecule has 2 heterocycles. The molecule has 0 saturated heterocycles. The van der Waals surface area contributed by atoms with E-state index in [1.165, 1.54) is 11.6 Å². The number of carbonyl (C=O) groups excluding carboxylic acids is 3. The number of carbonyl (C=O) groups is 3. The molecule has 2 N–H and O–H groups in total. The number of anilines is 1. The number of hydrogen-bond acceptors (Lipinski definition) is 12. The van der Waals surface area contributed by atoms with E-state index in [0.29, 0.717) is 120 Å². The molecule has 1 aromatic heterocycles. The van der Waals surface area contributed by atoms with Crippen LogP contribution in [0, 0.1) is 11.3 Å². The Hall–Kier alpha value is -5.51. The SMILES string of the molecule is CCCC(NC(=O)/C(C#N)=C/c1cccc(Br)n1)c1ccc(OCCOCCOCCOCCOCCOCCOCCNC(=O)c2ccc(-c3ccc4c(c3)CC[C@H](C)N4C(C)=O)cc2)cc1. The number of rotatable bonds is 30. The second kappa shape index (κ2) is 30.1. The monoisotopic (exact) mass is 997 g/mol. The molecule has 1 aliphatic rings. The Bertz CT molecular complexity index is 2250. The van der Waals surface area contributed by atoms with E-state index in [0.717, 1.165) is 41.6 Å². The third kappa shape index (κ3) is 18.2.